The number of aryl methyl sites for hydroxylation is 1. The van der Waals surface area contributed by atoms with Crippen LogP contribution in [-0.2, 0) is 12.8 Å². The van der Waals surface area contributed by atoms with Gasteiger partial charge in [-0.3, -0.25) is 0 Å². The molecule has 0 aromatic heterocycles. The molecule has 0 aliphatic carbocycles. The molecule has 0 bridgehead atoms. The molecular formula is C26H36O4. The number of aliphatic hydroxyl groups excluding tert-OH is 2. The Balaban J connectivity index is 2.02. The average molecular weight is 413 g/mol. The first kappa shape index (κ1) is 22.6. The van der Waals surface area contributed by atoms with Gasteiger partial charge in [0.05, 0.1) is 25.9 Å². The van der Waals surface area contributed by atoms with Gasteiger partial charge in [-0.25, -0.2) is 0 Å². The number of ether oxygens (including phenoxy) is 2. The van der Waals surface area contributed by atoms with Gasteiger partial charge in [0.2, 0.25) is 0 Å². The second kappa shape index (κ2) is 9.84. The molecule has 0 amide bonds. The molecule has 3 rings (SSSR count). The van der Waals surface area contributed by atoms with Crippen LogP contribution in [0.25, 0.3) is 0 Å². The summed E-state index contributed by atoms with van der Waals surface area (Å²) < 4.78 is 11.8. The lowest BCUT2D eigenvalue weighted by molar-refractivity contribution is -0.00541. The molecule has 2 aromatic rings. The maximum Gasteiger partial charge on any atom is 0.164 e. The maximum atomic E-state index is 10.9. The molecule has 30 heavy (non-hydrogen) atoms. The summed E-state index contributed by atoms with van der Waals surface area (Å²) in [5, 5.41) is 21.4. The second-order valence-corrected chi connectivity index (χ2v) is 9.06. The Morgan fingerprint density at radius 2 is 1.80 bits per heavy atom. The number of fused-ring (bicyclic) bond motifs is 1. The summed E-state index contributed by atoms with van der Waals surface area (Å²) >= 11 is 0. The molecule has 164 valence electrons. The molecule has 3 unspecified atom stereocenters. The highest BCUT2D eigenvalue weighted by molar-refractivity contribution is 5.58. The van der Waals surface area contributed by atoms with Gasteiger partial charge >= 0.3 is 0 Å². The van der Waals surface area contributed by atoms with Gasteiger partial charge in [0.1, 0.15) is 0 Å². The minimum atomic E-state index is -0.866. The van der Waals surface area contributed by atoms with Gasteiger partial charge in [0.15, 0.2) is 11.5 Å². The smallest absolute Gasteiger partial charge is 0.164 e. The van der Waals surface area contributed by atoms with E-state index in [0.717, 1.165) is 30.6 Å². The number of benzene rings is 2. The molecule has 0 radical (unpaired) electrons. The third kappa shape index (κ3) is 4.98. The number of methoxy groups -OCH3 is 1. The van der Waals surface area contributed by atoms with Crippen LogP contribution in [0.15, 0.2) is 30.3 Å². The van der Waals surface area contributed by atoms with E-state index in [1.165, 1.54) is 22.3 Å². The lowest BCUT2D eigenvalue weighted by Crippen LogP contribution is -2.32. The maximum absolute atomic E-state index is 10.9. The van der Waals surface area contributed by atoms with Crippen molar-refractivity contribution in [3.05, 3.63) is 58.1 Å². The third-order valence-electron chi connectivity index (χ3n) is 6.11. The lowest BCUT2D eigenvalue weighted by atomic mass is 9.84. The Labute approximate surface area is 180 Å². The van der Waals surface area contributed by atoms with Gasteiger partial charge in [-0.15, -0.1) is 0 Å². The first-order valence-corrected chi connectivity index (χ1v) is 11.1. The molecule has 1 aliphatic rings. The lowest BCUT2D eigenvalue weighted by Gasteiger charge is -2.30. The standard InChI is InChI=1S/C26H36O4/c1-16(2)13-23(27)24(28)18(4)22-15-20(14-19-10-8-17(3)9-11-19)21-7-6-12-30-26(21)25(22)29-5/h8-11,15-16,18,23-24,27-28H,6-7,12-14H2,1-5H3. The summed E-state index contributed by atoms with van der Waals surface area (Å²) in [5.74, 6) is 1.54. The van der Waals surface area contributed by atoms with Gasteiger partial charge in [0, 0.05) is 17.0 Å². The topological polar surface area (TPSA) is 58.9 Å². The van der Waals surface area contributed by atoms with E-state index < -0.39 is 12.2 Å². The van der Waals surface area contributed by atoms with Crippen molar-refractivity contribution in [2.24, 2.45) is 5.92 Å². The van der Waals surface area contributed by atoms with Gasteiger partial charge in [-0.2, -0.15) is 0 Å². The van der Waals surface area contributed by atoms with Crippen molar-refractivity contribution in [3.63, 3.8) is 0 Å². The van der Waals surface area contributed by atoms with Crippen LogP contribution in [0.1, 0.15) is 67.3 Å². The van der Waals surface area contributed by atoms with Crippen LogP contribution < -0.4 is 9.47 Å². The summed E-state index contributed by atoms with van der Waals surface area (Å²) in [4.78, 5) is 0. The first-order chi connectivity index (χ1) is 14.3. The zero-order valence-electron chi connectivity index (χ0n) is 18.9. The van der Waals surface area contributed by atoms with Crippen molar-refractivity contribution in [1.82, 2.24) is 0 Å². The molecule has 2 aromatic carbocycles. The average Bonchev–Trinajstić information content (AvgIpc) is 2.73. The van der Waals surface area contributed by atoms with Crippen molar-refractivity contribution >= 4 is 0 Å². The number of hydrogen-bond acceptors (Lipinski definition) is 4. The van der Waals surface area contributed by atoms with E-state index in [1.54, 1.807) is 7.11 Å². The van der Waals surface area contributed by atoms with E-state index in [4.69, 9.17) is 9.47 Å². The van der Waals surface area contributed by atoms with Crippen LogP contribution in [-0.4, -0.2) is 36.1 Å². The largest absolute Gasteiger partial charge is 0.493 e. The van der Waals surface area contributed by atoms with Crippen LogP contribution >= 0.6 is 0 Å². The second-order valence-electron chi connectivity index (χ2n) is 9.06. The van der Waals surface area contributed by atoms with Crippen LogP contribution in [0.2, 0.25) is 0 Å². The van der Waals surface area contributed by atoms with Gasteiger partial charge in [0.25, 0.3) is 0 Å². The van der Waals surface area contributed by atoms with E-state index in [2.05, 4.69) is 37.3 Å². The fourth-order valence-corrected chi connectivity index (χ4v) is 4.38. The molecule has 1 aliphatic heterocycles. The molecule has 0 saturated carbocycles. The number of aliphatic hydroxyl groups is 2. The molecule has 4 nitrogen and oxygen atoms in total. The monoisotopic (exact) mass is 412 g/mol. The van der Waals surface area contributed by atoms with Crippen LogP contribution in [0.4, 0.5) is 0 Å². The summed E-state index contributed by atoms with van der Waals surface area (Å²) in [5.41, 5.74) is 5.80. The van der Waals surface area contributed by atoms with Crippen LogP contribution in [0, 0.1) is 12.8 Å². The first-order valence-electron chi connectivity index (χ1n) is 11.1. The van der Waals surface area contributed by atoms with Crippen LogP contribution in [0.3, 0.4) is 0 Å². The highest BCUT2D eigenvalue weighted by Crippen LogP contribution is 2.44. The molecule has 0 fully saturated rings. The van der Waals surface area contributed by atoms with E-state index in [1.807, 2.05) is 20.8 Å². The molecular weight excluding hydrogens is 376 g/mol. The Morgan fingerprint density at radius 1 is 1.10 bits per heavy atom. The fourth-order valence-electron chi connectivity index (χ4n) is 4.38. The van der Waals surface area contributed by atoms with Crippen molar-refractivity contribution in [2.45, 2.75) is 71.5 Å². The Bertz CT molecular complexity index is 841. The molecule has 1 heterocycles. The summed E-state index contributed by atoms with van der Waals surface area (Å²) in [6.07, 6.45) is 1.67. The summed E-state index contributed by atoms with van der Waals surface area (Å²) in [6.45, 7) is 8.82. The SMILES string of the molecule is COc1c(C(C)C(O)C(O)CC(C)C)cc(Cc2ccc(C)cc2)c2c1OCCC2. The Kier molecular flexibility index (Phi) is 7.43. The molecule has 2 N–H and O–H groups in total. The summed E-state index contributed by atoms with van der Waals surface area (Å²) in [6, 6.07) is 10.8. The van der Waals surface area contributed by atoms with Gasteiger partial charge in [-0.1, -0.05) is 56.7 Å². The predicted molar refractivity (Wildman–Crippen MR) is 121 cm³/mol. The Hall–Kier alpha value is -2.04. The summed E-state index contributed by atoms with van der Waals surface area (Å²) in [7, 11) is 1.65. The van der Waals surface area contributed by atoms with Crippen molar-refractivity contribution in [2.75, 3.05) is 13.7 Å². The molecule has 0 spiro atoms. The minimum absolute atomic E-state index is 0.277. The van der Waals surface area contributed by atoms with Gasteiger partial charge in [-0.05, 0) is 49.7 Å². The van der Waals surface area contributed by atoms with Crippen molar-refractivity contribution < 1.29 is 19.7 Å². The van der Waals surface area contributed by atoms with Crippen molar-refractivity contribution in [3.8, 4) is 11.5 Å². The van der Waals surface area contributed by atoms with E-state index >= 15 is 0 Å². The highest BCUT2D eigenvalue weighted by atomic mass is 16.5. The number of hydrogen-bond donors (Lipinski definition) is 2. The predicted octanol–water partition coefficient (Wildman–Crippen LogP) is 4.79. The third-order valence-corrected chi connectivity index (χ3v) is 6.11. The zero-order chi connectivity index (χ0) is 21.8. The Morgan fingerprint density at radius 3 is 2.43 bits per heavy atom. The minimum Gasteiger partial charge on any atom is -0.493 e. The number of rotatable bonds is 8. The molecule has 3 atom stereocenters. The van der Waals surface area contributed by atoms with Crippen molar-refractivity contribution in [1.29, 1.82) is 0 Å². The zero-order valence-corrected chi connectivity index (χ0v) is 18.9. The van der Waals surface area contributed by atoms with E-state index in [-0.39, 0.29) is 5.92 Å². The normalized spacial score (nSPS) is 16.5. The highest BCUT2D eigenvalue weighted by Gasteiger charge is 2.31. The van der Waals surface area contributed by atoms with Crippen LogP contribution in [0.5, 0.6) is 11.5 Å². The molecule has 4 heteroatoms. The van der Waals surface area contributed by atoms with E-state index in [0.29, 0.717) is 24.7 Å². The molecule has 0 saturated heterocycles. The quantitative estimate of drug-likeness (QED) is 0.654. The van der Waals surface area contributed by atoms with Gasteiger partial charge < -0.3 is 19.7 Å². The fraction of sp³-hybridized carbons (Fsp3) is 0.538. The van der Waals surface area contributed by atoms with E-state index in [9.17, 15) is 10.2 Å².